The highest BCUT2D eigenvalue weighted by Crippen LogP contribution is 2.33. The Morgan fingerprint density at radius 2 is 1.57 bits per heavy atom. The number of ether oxygens (including phenoxy) is 2. The monoisotopic (exact) mass is 398 g/mol. The number of fused-ring (bicyclic) bond motifs is 2. The Labute approximate surface area is 177 Å². The number of nitrogens with zero attached hydrogens (tertiary/aromatic N) is 1. The molecule has 0 unspecified atom stereocenters. The van der Waals surface area contributed by atoms with Gasteiger partial charge in [0.05, 0.1) is 14.2 Å². The van der Waals surface area contributed by atoms with Gasteiger partial charge in [0.2, 0.25) is 0 Å². The number of methoxy groups -OCH3 is 2. The van der Waals surface area contributed by atoms with Gasteiger partial charge < -0.3 is 14.5 Å². The van der Waals surface area contributed by atoms with Crippen LogP contribution in [-0.2, 0) is 19.5 Å². The SMILES string of the molecule is COc1cc2c(cc1OC)CN(Cc1ccc(-c3ccc4[nH]ccc4c3)cc1)CC2. The highest BCUT2D eigenvalue weighted by Gasteiger charge is 2.19. The molecule has 4 aromatic rings. The van der Waals surface area contributed by atoms with Crippen LogP contribution in [0.4, 0.5) is 0 Å². The van der Waals surface area contributed by atoms with Crippen molar-refractivity contribution in [2.45, 2.75) is 19.5 Å². The molecule has 4 heteroatoms. The van der Waals surface area contributed by atoms with Gasteiger partial charge in [-0.25, -0.2) is 0 Å². The van der Waals surface area contributed by atoms with E-state index in [2.05, 4.69) is 70.5 Å². The zero-order chi connectivity index (χ0) is 20.5. The number of hydrogen-bond donors (Lipinski definition) is 1. The molecule has 2 heterocycles. The molecule has 3 aromatic carbocycles. The van der Waals surface area contributed by atoms with Crippen LogP contribution >= 0.6 is 0 Å². The lowest BCUT2D eigenvalue weighted by Gasteiger charge is -2.29. The molecule has 0 amide bonds. The van der Waals surface area contributed by atoms with E-state index in [4.69, 9.17) is 9.47 Å². The molecule has 5 rings (SSSR count). The van der Waals surface area contributed by atoms with Gasteiger partial charge in [-0.3, -0.25) is 4.90 Å². The Morgan fingerprint density at radius 3 is 2.33 bits per heavy atom. The topological polar surface area (TPSA) is 37.5 Å². The molecule has 1 aliphatic rings. The van der Waals surface area contributed by atoms with Gasteiger partial charge in [-0.15, -0.1) is 0 Å². The second kappa shape index (κ2) is 7.88. The molecule has 0 bridgehead atoms. The number of aromatic amines is 1. The van der Waals surface area contributed by atoms with Crippen LogP contribution in [0.5, 0.6) is 11.5 Å². The van der Waals surface area contributed by atoms with Gasteiger partial charge in [-0.05, 0) is 70.0 Å². The summed E-state index contributed by atoms with van der Waals surface area (Å²) >= 11 is 0. The molecule has 4 nitrogen and oxygen atoms in total. The highest BCUT2D eigenvalue weighted by atomic mass is 16.5. The lowest BCUT2D eigenvalue weighted by Crippen LogP contribution is -2.30. The Kier molecular flexibility index (Phi) is 4.93. The molecule has 0 fully saturated rings. The minimum absolute atomic E-state index is 0.807. The van der Waals surface area contributed by atoms with Crippen LogP contribution in [0, 0.1) is 0 Å². The van der Waals surface area contributed by atoms with E-state index in [1.807, 2.05) is 6.20 Å². The van der Waals surface area contributed by atoms with Crippen LogP contribution in [-0.4, -0.2) is 30.6 Å². The third-order valence-corrected chi connectivity index (χ3v) is 6.04. The van der Waals surface area contributed by atoms with Gasteiger partial charge in [0.1, 0.15) is 0 Å². The average Bonchev–Trinajstić information content (AvgIpc) is 3.26. The highest BCUT2D eigenvalue weighted by molar-refractivity contribution is 5.85. The third-order valence-electron chi connectivity index (χ3n) is 6.04. The predicted octanol–water partition coefficient (Wildman–Crippen LogP) is 5.41. The summed E-state index contributed by atoms with van der Waals surface area (Å²) in [5, 5.41) is 1.25. The Hall–Kier alpha value is -3.24. The van der Waals surface area contributed by atoms with Crippen LogP contribution in [0.2, 0.25) is 0 Å². The molecule has 1 aliphatic heterocycles. The zero-order valence-electron chi connectivity index (χ0n) is 17.4. The van der Waals surface area contributed by atoms with Crippen LogP contribution in [0.15, 0.2) is 66.9 Å². The van der Waals surface area contributed by atoms with Crippen molar-refractivity contribution in [2.75, 3.05) is 20.8 Å². The van der Waals surface area contributed by atoms with Crippen molar-refractivity contribution in [3.05, 3.63) is 83.6 Å². The molecular formula is C26H26N2O2. The summed E-state index contributed by atoms with van der Waals surface area (Å²) in [7, 11) is 3.39. The Morgan fingerprint density at radius 1 is 0.833 bits per heavy atom. The second-order valence-electron chi connectivity index (χ2n) is 7.91. The van der Waals surface area contributed by atoms with Gasteiger partial charge in [0.25, 0.3) is 0 Å². The van der Waals surface area contributed by atoms with Crippen molar-refractivity contribution in [1.29, 1.82) is 0 Å². The largest absolute Gasteiger partial charge is 0.493 e. The van der Waals surface area contributed by atoms with Crippen molar-refractivity contribution >= 4 is 10.9 Å². The average molecular weight is 399 g/mol. The minimum atomic E-state index is 0.807. The van der Waals surface area contributed by atoms with E-state index < -0.39 is 0 Å². The van der Waals surface area contributed by atoms with E-state index in [1.54, 1.807) is 14.2 Å². The third kappa shape index (κ3) is 3.55. The van der Waals surface area contributed by atoms with Gasteiger partial charge in [-0.1, -0.05) is 30.3 Å². The maximum Gasteiger partial charge on any atom is 0.161 e. The molecule has 30 heavy (non-hydrogen) atoms. The van der Waals surface area contributed by atoms with Gasteiger partial charge in [0, 0.05) is 31.3 Å². The van der Waals surface area contributed by atoms with Crippen LogP contribution in [0.1, 0.15) is 16.7 Å². The van der Waals surface area contributed by atoms with E-state index >= 15 is 0 Å². The van der Waals surface area contributed by atoms with E-state index in [0.29, 0.717) is 0 Å². The fourth-order valence-corrected chi connectivity index (χ4v) is 4.37. The maximum absolute atomic E-state index is 5.49. The lowest BCUT2D eigenvalue weighted by molar-refractivity contribution is 0.244. The summed E-state index contributed by atoms with van der Waals surface area (Å²) in [6.07, 6.45) is 3.02. The zero-order valence-corrected chi connectivity index (χ0v) is 17.4. The number of hydrogen-bond acceptors (Lipinski definition) is 3. The Balaban J connectivity index is 1.30. The Bertz CT molecular complexity index is 1180. The smallest absolute Gasteiger partial charge is 0.161 e. The number of rotatable bonds is 5. The fraction of sp³-hybridized carbons (Fsp3) is 0.231. The first-order valence-corrected chi connectivity index (χ1v) is 10.4. The summed E-state index contributed by atoms with van der Waals surface area (Å²) < 4.78 is 10.9. The van der Waals surface area contributed by atoms with Crippen LogP contribution in [0.25, 0.3) is 22.0 Å². The van der Waals surface area contributed by atoms with Gasteiger partial charge >= 0.3 is 0 Å². The van der Waals surface area contributed by atoms with E-state index in [1.165, 1.54) is 38.7 Å². The van der Waals surface area contributed by atoms with Crippen molar-refractivity contribution in [2.24, 2.45) is 0 Å². The molecular weight excluding hydrogens is 372 g/mol. The van der Waals surface area contributed by atoms with E-state index in [0.717, 1.165) is 37.6 Å². The molecule has 152 valence electrons. The standard InChI is InChI=1S/C26H26N2O2/c1-29-25-14-21-10-12-28(17-23(21)15-26(25)30-2)16-18-3-5-19(6-4-18)20-7-8-24-22(13-20)9-11-27-24/h3-9,11,13-15,27H,10,12,16-17H2,1-2H3. The quantitative estimate of drug-likeness (QED) is 0.488. The minimum Gasteiger partial charge on any atom is -0.493 e. The molecule has 0 radical (unpaired) electrons. The maximum atomic E-state index is 5.49. The van der Waals surface area contributed by atoms with Crippen molar-refractivity contribution in [1.82, 2.24) is 9.88 Å². The molecule has 0 saturated heterocycles. The van der Waals surface area contributed by atoms with Crippen LogP contribution in [0.3, 0.4) is 0 Å². The summed E-state index contributed by atoms with van der Waals surface area (Å²) in [5.74, 6) is 1.62. The van der Waals surface area contributed by atoms with Crippen LogP contribution < -0.4 is 9.47 Å². The van der Waals surface area contributed by atoms with Gasteiger partial charge in [-0.2, -0.15) is 0 Å². The second-order valence-corrected chi connectivity index (χ2v) is 7.91. The van der Waals surface area contributed by atoms with Crippen molar-refractivity contribution in [3.8, 4) is 22.6 Å². The summed E-state index contributed by atoms with van der Waals surface area (Å²) in [6, 6.07) is 21.9. The number of aromatic nitrogens is 1. The first-order chi connectivity index (χ1) is 14.7. The molecule has 1 aromatic heterocycles. The van der Waals surface area contributed by atoms with Crippen molar-refractivity contribution < 1.29 is 9.47 Å². The summed E-state index contributed by atoms with van der Waals surface area (Å²) in [6.45, 7) is 2.93. The summed E-state index contributed by atoms with van der Waals surface area (Å²) in [4.78, 5) is 5.75. The van der Waals surface area contributed by atoms with Crippen molar-refractivity contribution in [3.63, 3.8) is 0 Å². The number of H-pyrrole nitrogens is 1. The molecule has 0 spiro atoms. The molecule has 0 aliphatic carbocycles. The van der Waals surface area contributed by atoms with E-state index in [-0.39, 0.29) is 0 Å². The lowest BCUT2D eigenvalue weighted by atomic mass is 9.98. The normalized spacial score (nSPS) is 13.9. The fourth-order valence-electron chi connectivity index (χ4n) is 4.37. The first-order valence-electron chi connectivity index (χ1n) is 10.4. The number of benzene rings is 3. The van der Waals surface area contributed by atoms with Gasteiger partial charge in [0.15, 0.2) is 11.5 Å². The molecule has 0 saturated carbocycles. The predicted molar refractivity (Wildman–Crippen MR) is 121 cm³/mol. The number of nitrogens with one attached hydrogen (secondary N) is 1. The molecule has 0 atom stereocenters. The van der Waals surface area contributed by atoms with E-state index in [9.17, 15) is 0 Å². The first kappa shape index (κ1) is 18.8. The summed E-state index contributed by atoms with van der Waals surface area (Å²) in [5.41, 5.74) is 7.71. The molecule has 1 N–H and O–H groups in total.